The van der Waals surface area contributed by atoms with E-state index in [0.29, 0.717) is 34.6 Å². The molecule has 2 fully saturated rings. The summed E-state index contributed by atoms with van der Waals surface area (Å²) in [5, 5.41) is 14.5. The van der Waals surface area contributed by atoms with Crippen LogP contribution in [0, 0.1) is 5.41 Å². The molecular weight excluding hydrogens is 520 g/mol. The highest BCUT2D eigenvalue weighted by Gasteiger charge is 2.44. The van der Waals surface area contributed by atoms with Crippen molar-refractivity contribution < 1.29 is 19.1 Å². The van der Waals surface area contributed by atoms with Crippen LogP contribution in [0.2, 0.25) is 5.02 Å². The van der Waals surface area contributed by atoms with Gasteiger partial charge in [0.05, 0.1) is 21.1 Å². The van der Waals surface area contributed by atoms with Crippen molar-refractivity contribution in [3.8, 4) is 5.06 Å². The first-order valence-electron chi connectivity index (χ1n) is 10.2. The molecule has 2 amide bonds. The van der Waals surface area contributed by atoms with Crippen LogP contribution >= 0.6 is 38.9 Å². The van der Waals surface area contributed by atoms with Crippen molar-refractivity contribution in [1.82, 2.24) is 5.32 Å². The topological polar surface area (TPSA) is 104 Å². The SMILES string of the molecule is N=C1CCCCN1c1ccc(NC(=O)C2(NC(=O)Oc3ccc(Br)s3)CCOC2)cc1Cl. The number of amidine groups is 1. The van der Waals surface area contributed by atoms with Crippen molar-refractivity contribution in [3.63, 3.8) is 0 Å². The Morgan fingerprint density at radius 2 is 2.12 bits per heavy atom. The van der Waals surface area contributed by atoms with E-state index in [4.69, 9.17) is 26.5 Å². The first-order chi connectivity index (χ1) is 15.4. The molecule has 2 saturated heterocycles. The molecule has 1 aromatic heterocycles. The lowest BCUT2D eigenvalue weighted by atomic mass is 9.97. The van der Waals surface area contributed by atoms with Crippen molar-refractivity contribution in [2.24, 2.45) is 0 Å². The molecule has 0 radical (unpaired) electrons. The predicted molar refractivity (Wildman–Crippen MR) is 128 cm³/mol. The van der Waals surface area contributed by atoms with E-state index in [1.54, 1.807) is 30.3 Å². The average Bonchev–Trinajstić information content (AvgIpc) is 3.38. The van der Waals surface area contributed by atoms with Gasteiger partial charge in [-0.25, -0.2) is 4.79 Å². The molecule has 2 aliphatic rings. The third-order valence-electron chi connectivity index (χ3n) is 5.41. The Bertz CT molecular complexity index is 1040. The van der Waals surface area contributed by atoms with Crippen LogP contribution in [0.5, 0.6) is 5.06 Å². The zero-order valence-electron chi connectivity index (χ0n) is 17.1. The van der Waals surface area contributed by atoms with E-state index in [9.17, 15) is 9.59 Å². The maximum Gasteiger partial charge on any atom is 0.414 e. The minimum Gasteiger partial charge on any atom is -0.399 e. The molecule has 3 heterocycles. The number of hydrogen-bond acceptors (Lipinski definition) is 6. The molecule has 1 unspecified atom stereocenters. The third-order valence-corrected chi connectivity index (χ3v) is 7.21. The summed E-state index contributed by atoms with van der Waals surface area (Å²) in [4.78, 5) is 27.4. The Kier molecular flexibility index (Phi) is 7.04. The second-order valence-electron chi connectivity index (χ2n) is 7.63. The zero-order valence-corrected chi connectivity index (χ0v) is 20.2. The standard InChI is InChI=1S/C21H22BrClN4O4S/c22-16-6-7-18(32-16)31-20(29)26-21(8-10-30-12-21)19(28)25-13-4-5-15(14(23)11-13)27-9-2-1-3-17(27)24/h4-7,11,24H,1-3,8-10,12H2,(H,25,28)(H,26,29). The summed E-state index contributed by atoms with van der Waals surface area (Å²) in [7, 11) is 0. The second kappa shape index (κ2) is 9.78. The molecule has 2 aromatic rings. The van der Waals surface area contributed by atoms with Gasteiger partial charge < -0.3 is 25.0 Å². The molecule has 0 bridgehead atoms. The van der Waals surface area contributed by atoms with Gasteiger partial charge in [-0.3, -0.25) is 10.2 Å². The average molecular weight is 542 g/mol. The van der Waals surface area contributed by atoms with Crippen LogP contribution in [-0.4, -0.2) is 43.1 Å². The maximum atomic E-state index is 13.1. The summed E-state index contributed by atoms with van der Waals surface area (Å²) in [5.41, 5.74) is -0.000799. The lowest BCUT2D eigenvalue weighted by Crippen LogP contribution is -2.58. The van der Waals surface area contributed by atoms with E-state index in [1.807, 2.05) is 4.90 Å². The molecule has 11 heteroatoms. The zero-order chi connectivity index (χ0) is 22.7. The number of nitrogens with zero attached hydrogens (tertiary/aromatic N) is 1. The number of nitrogens with one attached hydrogen (secondary N) is 3. The second-order valence-corrected chi connectivity index (χ2v) is 10.5. The molecule has 0 spiro atoms. The Morgan fingerprint density at radius 3 is 2.78 bits per heavy atom. The number of carbonyl (C=O) groups is 2. The minimum absolute atomic E-state index is 0.0405. The lowest BCUT2D eigenvalue weighted by Gasteiger charge is -2.30. The van der Waals surface area contributed by atoms with Crippen LogP contribution in [0.1, 0.15) is 25.7 Å². The molecule has 32 heavy (non-hydrogen) atoms. The minimum atomic E-state index is -1.24. The van der Waals surface area contributed by atoms with Crippen LogP contribution in [0.3, 0.4) is 0 Å². The van der Waals surface area contributed by atoms with Gasteiger partial charge in [-0.2, -0.15) is 0 Å². The quantitative estimate of drug-likeness (QED) is 0.493. The van der Waals surface area contributed by atoms with Crippen LogP contribution in [0.15, 0.2) is 34.1 Å². The number of piperidine rings is 1. The van der Waals surface area contributed by atoms with E-state index >= 15 is 0 Å². The molecule has 8 nitrogen and oxygen atoms in total. The summed E-state index contributed by atoms with van der Waals surface area (Å²) in [6, 6.07) is 8.63. The highest BCUT2D eigenvalue weighted by atomic mass is 79.9. The highest BCUT2D eigenvalue weighted by molar-refractivity contribution is 9.11. The number of amides is 2. The molecule has 1 aromatic carbocycles. The van der Waals surface area contributed by atoms with Gasteiger partial charge in [0.15, 0.2) is 5.06 Å². The largest absolute Gasteiger partial charge is 0.414 e. The van der Waals surface area contributed by atoms with Gasteiger partial charge in [0.1, 0.15) is 11.4 Å². The molecule has 3 N–H and O–H groups in total. The lowest BCUT2D eigenvalue weighted by molar-refractivity contribution is -0.122. The first kappa shape index (κ1) is 23.0. The van der Waals surface area contributed by atoms with E-state index < -0.39 is 17.5 Å². The normalized spacial score (nSPS) is 20.8. The van der Waals surface area contributed by atoms with Gasteiger partial charge in [0.2, 0.25) is 0 Å². The van der Waals surface area contributed by atoms with Crippen LogP contribution in [-0.2, 0) is 9.53 Å². The van der Waals surface area contributed by atoms with Gasteiger partial charge in [0, 0.05) is 31.7 Å². The molecule has 0 aliphatic carbocycles. The van der Waals surface area contributed by atoms with Gasteiger partial charge in [-0.05, 0) is 59.1 Å². The number of ether oxygens (including phenoxy) is 2. The number of carbonyl (C=O) groups excluding carboxylic acids is 2. The van der Waals surface area contributed by atoms with Crippen LogP contribution in [0.25, 0.3) is 0 Å². The van der Waals surface area contributed by atoms with Crippen LogP contribution < -0.4 is 20.3 Å². The van der Waals surface area contributed by atoms with E-state index in [0.717, 1.165) is 35.3 Å². The summed E-state index contributed by atoms with van der Waals surface area (Å²) in [6.45, 7) is 1.13. The number of hydrogen-bond donors (Lipinski definition) is 3. The number of benzene rings is 1. The number of rotatable bonds is 5. The Labute approximate surface area is 202 Å². The van der Waals surface area contributed by atoms with Crippen molar-refractivity contribution in [2.75, 3.05) is 30.0 Å². The Balaban J connectivity index is 1.45. The Hall–Kier alpha value is -2.14. The summed E-state index contributed by atoms with van der Waals surface area (Å²) >= 11 is 11.1. The summed E-state index contributed by atoms with van der Waals surface area (Å²) < 4.78 is 11.5. The molecule has 4 rings (SSSR count). The molecule has 1 atom stereocenters. The summed E-state index contributed by atoms with van der Waals surface area (Å²) in [6.07, 6.45) is 2.33. The number of thiophene rings is 1. The Morgan fingerprint density at radius 1 is 1.28 bits per heavy atom. The van der Waals surface area contributed by atoms with Crippen molar-refractivity contribution >= 4 is 68.1 Å². The highest BCUT2D eigenvalue weighted by Crippen LogP contribution is 2.32. The van der Waals surface area contributed by atoms with E-state index in [2.05, 4.69) is 26.6 Å². The molecule has 2 aliphatic heterocycles. The van der Waals surface area contributed by atoms with Gasteiger partial charge in [-0.15, -0.1) is 0 Å². The van der Waals surface area contributed by atoms with Crippen LogP contribution in [0.4, 0.5) is 16.2 Å². The van der Waals surface area contributed by atoms with Crippen molar-refractivity contribution in [2.45, 2.75) is 31.2 Å². The van der Waals surface area contributed by atoms with E-state index in [1.165, 1.54) is 11.3 Å². The fraction of sp³-hybridized carbons (Fsp3) is 0.381. The third kappa shape index (κ3) is 5.09. The van der Waals surface area contributed by atoms with Gasteiger partial charge >= 0.3 is 6.09 Å². The van der Waals surface area contributed by atoms with Gasteiger partial charge in [0.25, 0.3) is 5.91 Å². The van der Waals surface area contributed by atoms with E-state index in [-0.39, 0.29) is 6.61 Å². The summed E-state index contributed by atoms with van der Waals surface area (Å²) in [5.74, 6) is 0.131. The number of anilines is 2. The fourth-order valence-corrected chi connectivity index (χ4v) is 5.19. The molecular formula is C21H22BrClN4O4S. The molecule has 0 saturated carbocycles. The maximum absolute atomic E-state index is 13.1. The smallest absolute Gasteiger partial charge is 0.399 e. The predicted octanol–water partition coefficient (Wildman–Crippen LogP) is 5.02. The monoisotopic (exact) mass is 540 g/mol. The fourth-order valence-electron chi connectivity index (χ4n) is 3.72. The van der Waals surface area contributed by atoms with Gasteiger partial charge in [-0.1, -0.05) is 22.9 Å². The van der Waals surface area contributed by atoms with Crippen molar-refractivity contribution in [1.29, 1.82) is 5.41 Å². The first-order valence-corrected chi connectivity index (χ1v) is 12.1. The van der Waals surface area contributed by atoms with Crippen molar-refractivity contribution in [3.05, 3.63) is 39.1 Å². The molecule has 170 valence electrons. The number of halogens is 2.